The summed E-state index contributed by atoms with van der Waals surface area (Å²) in [4.78, 5) is 14.7. The number of benzene rings is 1. The third-order valence-corrected chi connectivity index (χ3v) is 2.67. The molecule has 4 nitrogen and oxygen atoms in total. The van der Waals surface area contributed by atoms with Gasteiger partial charge in [0.1, 0.15) is 11.5 Å². The fraction of sp³-hybridized carbons (Fsp3) is 0.143. The van der Waals surface area contributed by atoms with E-state index in [9.17, 15) is 9.18 Å². The predicted octanol–water partition coefficient (Wildman–Crippen LogP) is 2.84. The number of nitrogens with one attached hydrogen (secondary N) is 1. The molecule has 2 aromatic rings. The molecule has 2 N–H and O–H groups in total. The number of halogens is 1. The lowest BCUT2D eigenvalue weighted by atomic mass is 10.2. The second-order valence-corrected chi connectivity index (χ2v) is 4.14. The number of carboxylic acid groups (broad SMARTS) is 1. The highest BCUT2D eigenvalue weighted by Gasteiger charge is 2.05. The Hall–Kier alpha value is -2.43. The van der Waals surface area contributed by atoms with E-state index in [1.807, 2.05) is 0 Å². The molecule has 1 heterocycles. The Bertz CT molecular complexity index is 614. The molecule has 0 spiro atoms. The minimum Gasteiger partial charge on any atom is -0.477 e. The summed E-state index contributed by atoms with van der Waals surface area (Å²) in [5.41, 5.74) is 1.79. The van der Waals surface area contributed by atoms with Gasteiger partial charge < -0.3 is 10.4 Å². The van der Waals surface area contributed by atoms with E-state index in [1.165, 1.54) is 12.1 Å². The molecule has 0 aliphatic carbocycles. The minimum absolute atomic E-state index is 0.00520. The quantitative estimate of drug-likeness (QED) is 0.887. The van der Waals surface area contributed by atoms with Crippen LogP contribution >= 0.6 is 0 Å². The number of anilines is 1. The molecular weight excluding hydrogens is 247 g/mol. The molecule has 1 aromatic carbocycles. The molecule has 0 aliphatic heterocycles. The van der Waals surface area contributed by atoms with Crippen LogP contribution in [0.3, 0.4) is 0 Å². The highest BCUT2D eigenvalue weighted by atomic mass is 19.1. The largest absolute Gasteiger partial charge is 0.477 e. The Balaban J connectivity index is 2.07. The number of rotatable bonds is 4. The molecule has 0 atom stereocenters. The van der Waals surface area contributed by atoms with E-state index in [0.717, 1.165) is 0 Å². The first-order valence-electron chi connectivity index (χ1n) is 5.75. The number of hydrogen-bond acceptors (Lipinski definition) is 3. The third kappa shape index (κ3) is 3.28. The number of carbonyl (C=O) groups is 1. The average Bonchev–Trinajstić information content (AvgIpc) is 2.40. The predicted molar refractivity (Wildman–Crippen MR) is 69.7 cm³/mol. The first-order valence-corrected chi connectivity index (χ1v) is 5.75. The van der Waals surface area contributed by atoms with Gasteiger partial charge in [-0.3, -0.25) is 0 Å². The molecule has 0 unspecified atom stereocenters. The van der Waals surface area contributed by atoms with E-state index in [4.69, 9.17) is 5.11 Å². The van der Waals surface area contributed by atoms with Gasteiger partial charge in [0.25, 0.3) is 0 Å². The zero-order valence-electron chi connectivity index (χ0n) is 10.4. The van der Waals surface area contributed by atoms with Gasteiger partial charge in [-0.15, -0.1) is 0 Å². The summed E-state index contributed by atoms with van der Waals surface area (Å²) in [6.45, 7) is 2.03. The van der Waals surface area contributed by atoms with Crippen LogP contribution in [0.2, 0.25) is 0 Å². The minimum atomic E-state index is -1.07. The van der Waals surface area contributed by atoms with Crippen molar-refractivity contribution in [3.05, 3.63) is 59.2 Å². The van der Waals surface area contributed by atoms with E-state index in [1.54, 1.807) is 31.2 Å². The van der Waals surface area contributed by atoms with Crippen molar-refractivity contribution in [2.75, 3.05) is 5.32 Å². The second-order valence-electron chi connectivity index (χ2n) is 4.14. The molecule has 0 saturated carbocycles. The van der Waals surface area contributed by atoms with E-state index < -0.39 is 5.97 Å². The molecule has 0 saturated heterocycles. The number of hydrogen-bond donors (Lipinski definition) is 2. The molecule has 0 fully saturated rings. The lowest BCUT2D eigenvalue weighted by Crippen LogP contribution is -2.06. The van der Waals surface area contributed by atoms with Gasteiger partial charge in [-0.2, -0.15) is 0 Å². The Morgan fingerprint density at radius 3 is 2.84 bits per heavy atom. The van der Waals surface area contributed by atoms with Gasteiger partial charge in [-0.05, 0) is 36.8 Å². The molecular formula is C14H13FN2O2. The van der Waals surface area contributed by atoms with Gasteiger partial charge in [0.05, 0.1) is 12.2 Å². The number of pyridine rings is 1. The summed E-state index contributed by atoms with van der Waals surface area (Å²) >= 11 is 0. The van der Waals surface area contributed by atoms with Crippen LogP contribution in [0.1, 0.15) is 21.7 Å². The molecule has 0 bridgehead atoms. The van der Waals surface area contributed by atoms with Crippen molar-refractivity contribution in [2.24, 2.45) is 0 Å². The third-order valence-electron chi connectivity index (χ3n) is 2.67. The van der Waals surface area contributed by atoms with Crippen LogP contribution < -0.4 is 5.32 Å². The number of aromatic carboxylic acids is 1. The zero-order chi connectivity index (χ0) is 13.8. The highest BCUT2D eigenvalue weighted by Crippen LogP contribution is 2.14. The lowest BCUT2D eigenvalue weighted by molar-refractivity contribution is 0.0690. The second kappa shape index (κ2) is 5.48. The summed E-state index contributed by atoms with van der Waals surface area (Å²) in [5.74, 6) is -1.35. The smallest absolute Gasteiger partial charge is 0.354 e. The van der Waals surface area contributed by atoms with Crippen LogP contribution in [-0.2, 0) is 6.54 Å². The highest BCUT2D eigenvalue weighted by molar-refractivity contribution is 5.85. The van der Waals surface area contributed by atoms with Crippen LogP contribution in [-0.4, -0.2) is 16.1 Å². The van der Waals surface area contributed by atoms with Crippen molar-refractivity contribution in [3.8, 4) is 0 Å². The lowest BCUT2D eigenvalue weighted by Gasteiger charge is -2.07. The van der Waals surface area contributed by atoms with Gasteiger partial charge in [0.15, 0.2) is 0 Å². The van der Waals surface area contributed by atoms with E-state index >= 15 is 0 Å². The Morgan fingerprint density at radius 2 is 2.16 bits per heavy atom. The van der Waals surface area contributed by atoms with Gasteiger partial charge in [-0.1, -0.05) is 12.1 Å². The summed E-state index contributed by atoms with van der Waals surface area (Å²) in [6.07, 6.45) is 0. The molecule has 2 rings (SSSR count). The summed E-state index contributed by atoms with van der Waals surface area (Å²) in [5, 5.41) is 11.8. The van der Waals surface area contributed by atoms with Crippen molar-refractivity contribution in [1.29, 1.82) is 0 Å². The van der Waals surface area contributed by atoms with Crippen molar-refractivity contribution >= 4 is 11.7 Å². The molecule has 5 heteroatoms. The van der Waals surface area contributed by atoms with Crippen LogP contribution in [0.15, 0.2) is 36.4 Å². The standard InChI is InChI=1S/C14H13FN2O2/c1-9-5-6-10(7-12(9)15)16-8-11-3-2-4-13(17-11)14(18)19/h2-7,16H,8H2,1H3,(H,18,19). The van der Waals surface area contributed by atoms with E-state index in [2.05, 4.69) is 10.3 Å². The first-order chi connectivity index (χ1) is 9.06. The molecule has 0 radical (unpaired) electrons. The summed E-state index contributed by atoms with van der Waals surface area (Å²) < 4.78 is 13.3. The summed E-state index contributed by atoms with van der Waals surface area (Å²) in [6, 6.07) is 9.61. The Labute approximate surface area is 109 Å². The van der Waals surface area contributed by atoms with E-state index in [0.29, 0.717) is 23.5 Å². The monoisotopic (exact) mass is 260 g/mol. The Morgan fingerprint density at radius 1 is 1.37 bits per heavy atom. The van der Waals surface area contributed by atoms with Crippen molar-refractivity contribution in [3.63, 3.8) is 0 Å². The molecule has 1 aromatic heterocycles. The van der Waals surface area contributed by atoms with Crippen LogP contribution in [0.4, 0.5) is 10.1 Å². The summed E-state index contributed by atoms with van der Waals surface area (Å²) in [7, 11) is 0. The topological polar surface area (TPSA) is 62.2 Å². The normalized spacial score (nSPS) is 10.2. The number of carboxylic acids is 1. The first kappa shape index (κ1) is 13.0. The Kier molecular flexibility index (Phi) is 3.75. The molecule has 19 heavy (non-hydrogen) atoms. The van der Waals surface area contributed by atoms with Gasteiger partial charge in [0, 0.05) is 5.69 Å². The van der Waals surface area contributed by atoms with Crippen LogP contribution in [0.25, 0.3) is 0 Å². The van der Waals surface area contributed by atoms with Crippen molar-refractivity contribution < 1.29 is 14.3 Å². The van der Waals surface area contributed by atoms with Gasteiger partial charge >= 0.3 is 5.97 Å². The van der Waals surface area contributed by atoms with E-state index in [-0.39, 0.29) is 11.5 Å². The van der Waals surface area contributed by atoms with Gasteiger partial charge in [0.2, 0.25) is 0 Å². The zero-order valence-corrected chi connectivity index (χ0v) is 10.4. The van der Waals surface area contributed by atoms with Crippen LogP contribution in [0.5, 0.6) is 0 Å². The number of nitrogens with zero attached hydrogens (tertiary/aromatic N) is 1. The molecule has 0 aliphatic rings. The maximum atomic E-state index is 13.3. The maximum absolute atomic E-state index is 13.3. The van der Waals surface area contributed by atoms with Crippen LogP contribution in [0, 0.1) is 12.7 Å². The number of aryl methyl sites for hydroxylation is 1. The SMILES string of the molecule is Cc1ccc(NCc2cccc(C(=O)O)n2)cc1F. The fourth-order valence-electron chi connectivity index (χ4n) is 1.59. The molecule has 98 valence electrons. The average molecular weight is 260 g/mol. The number of aromatic nitrogens is 1. The van der Waals surface area contributed by atoms with Gasteiger partial charge in [-0.25, -0.2) is 14.2 Å². The molecule has 0 amide bonds. The van der Waals surface area contributed by atoms with Crippen molar-refractivity contribution in [1.82, 2.24) is 4.98 Å². The fourth-order valence-corrected chi connectivity index (χ4v) is 1.59. The van der Waals surface area contributed by atoms with Crippen molar-refractivity contribution in [2.45, 2.75) is 13.5 Å². The maximum Gasteiger partial charge on any atom is 0.354 e.